The van der Waals surface area contributed by atoms with Crippen LogP contribution < -0.4 is 5.32 Å². The molecule has 0 saturated carbocycles. The zero-order valence-corrected chi connectivity index (χ0v) is 13.2. The molecular formula is C16H17FN2S2. The Labute approximate surface area is 133 Å². The molecular weight excluding hydrogens is 303 g/mol. The van der Waals surface area contributed by atoms with E-state index >= 15 is 0 Å². The summed E-state index contributed by atoms with van der Waals surface area (Å²) >= 11 is 7.32. The molecule has 110 valence electrons. The van der Waals surface area contributed by atoms with Crippen LogP contribution in [0.1, 0.15) is 29.3 Å². The van der Waals surface area contributed by atoms with Gasteiger partial charge >= 0.3 is 0 Å². The van der Waals surface area contributed by atoms with Crippen LogP contribution in [0.4, 0.5) is 4.39 Å². The zero-order valence-electron chi connectivity index (χ0n) is 11.6. The average molecular weight is 320 g/mol. The van der Waals surface area contributed by atoms with Gasteiger partial charge in [0.2, 0.25) is 0 Å². The topological polar surface area (TPSA) is 15.3 Å². The van der Waals surface area contributed by atoms with Crippen molar-refractivity contribution >= 4 is 28.7 Å². The van der Waals surface area contributed by atoms with E-state index in [1.165, 1.54) is 23.4 Å². The van der Waals surface area contributed by atoms with Gasteiger partial charge < -0.3 is 10.2 Å². The van der Waals surface area contributed by atoms with Gasteiger partial charge in [-0.3, -0.25) is 0 Å². The Hall–Kier alpha value is -1.46. The third-order valence-electron chi connectivity index (χ3n) is 3.74. The van der Waals surface area contributed by atoms with Gasteiger partial charge in [-0.15, -0.1) is 11.3 Å². The van der Waals surface area contributed by atoms with E-state index in [9.17, 15) is 4.39 Å². The summed E-state index contributed by atoms with van der Waals surface area (Å²) in [5.41, 5.74) is 1.03. The maximum atomic E-state index is 12.9. The van der Waals surface area contributed by atoms with Crippen LogP contribution in [0.3, 0.4) is 0 Å². The molecule has 0 unspecified atom stereocenters. The molecule has 1 atom stereocenters. The Bertz CT molecular complexity index is 595. The first-order valence-electron chi connectivity index (χ1n) is 7.06. The van der Waals surface area contributed by atoms with Gasteiger partial charge in [0.15, 0.2) is 5.11 Å². The Morgan fingerprint density at radius 1 is 1.33 bits per heavy atom. The van der Waals surface area contributed by atoms with Crippen LogP contribution >= 0.6 is 23.6 Å². The van der Waals surface area contributed by atoms with Crippen LogP contribution in [0, 0.1) is 5.82 Å². The van der Waals surface area contributed by atoms with Crippen molar-refractivity contribution in [2.75, 3.05) is 6.54 Å². The number of rotatable bonds is 3. The van der Waals surface area contributed by atoms with Crippen LogP contribution in [0.25, 0.3) is 0 Å². The Morgan fingerprint density at radius 2 is 2.14 bits per heavy atom. The van der Waals surface area contributed by atoms with E-state index in [2.05, 4.69) is 27.7 Å². The second-order valence-electron chi connectivity index (χ2n) is 5.15. The molecule has 2 heterocycles. The first-order valence-corrected chi connectivity index (χ1v) is 8.35. The summed E-state index contributed by atoms with van der Waals surface area (Å²) in [7, 11) is 0. The van der Waals surface area contributed by atoms with E-state index in [1.807, 2.05) is 0 Å². The Morgan fingerprint density at radius 3 is 2.86 bits per heavy atom. The van der Waals surface area contributed by atoms with Gasteiger partial charge in [0.1, 0.15) is 5.82 Å². The summed E-state index contributed by atoms with van der Waals surface area (Å²) in [4.78, 5) is 3.64. The number of likely N-dealkylation sites (tertiary alicyclic amines) is 1. The van der Waals surface area contributed by atoms with E-state index in [4.69, 9.17) is 12.2 Å². The van der Waals surface area contributed by atoms with Gasteiger partial charge in [-0.1, -0.05) is 18.2 Å². The lowest BCUT2D eigenvalue weighted by molar-refractivity contribution is 0.398. The first-order chi connectivity index (χ1) is 10.2. The fraction of sp³-hybridized carbons (Fsp3) is 0.312. The number of hydrogen-bond acceptors (Lipinski definition) is 2. The number of thiophene rings is 1. The van der Waals surface area contributed by atoms with Crippen molar-refractivity contribution in [2.24, 2.45) is 0 Å². The van der Waals surface area contributed by atoms with E-state index < -0.39 is 0 Å². The molecule has 0 spiro atoms. The fourth-order valence-electron chi connectivity index (χ4n) is 2.67. The molecule has 1 aliphatic rings. The fourth-order valence-corrected chi connectivity index (χ4v) is 3.83. The summed E-state index contributed by atoms with van der Waals surface area (Å²) in [6.45, 7) is 1.63. The lowest BCUT2D eigenvalue weighted by atomic mass is 10.2. The average Bonchev–Trinajstić information content (AvgIpc) is 3.16. The van der Waals surface area contributed by atoms with Crippen molar-refractivity contribution in [1.82, 2.24) is 10.2 Å². The highest BCUT2D eigenvalue weighted by atomic mass is 32.1. The summed E-state index contributed by atoms with van der Waals surface area (Å²) in [6, 6.07) is 11.2. The van der Waals surface area contributed by atoms with Gasteiger partial charge in [-0.25, -0.2) is 4.39 Å². The van der Waals surface area contributed by atoms with E-state index in [-0.39, 0.29) is 5.82 Å². The highest BCUT2D eigenvalue weighted by Crippen LogP contribution is 2.34. The third-order valence-corrected chi connectivity index (χ3v) is 5.09. The summed E-state index contributed by atoms with van der Waals surface area (Å²) in [5.74, 6) is -0.210. The molecule has 1 aromatic carbocycles. The standard InChI is InChI=1S/C16H17FN2S2/c17-13-7-5-12(6-8-13)11-18-16(20)19-9-1-3-14(19)15-4-2-10-21-15/h2,4-8,10,14H,1,3,9,11H2,(H,18,20)/t14-/m1/s1. The van der Waals surface area contributed by atoms with E-state index in [0.717, 1.165) is 23.6 Å². The number of hydrogen-bond donors (Lipinski definition) is 1. The summed E-state index contributed by atoms with van der Waals surface area (Å²) in [6.07, 6.45) is 2.32. The predicted octanol–water partition coefficient (Wildman–Crippen LogP) is 4.10. The molecule has 0 amide bonds. The SMILES string of the molecule is Fc1ccc(CNC(=S)N2CCC[C@@H]2c2cccs2)cc1. The molecule has 21 heavy (non-hydrogen) atoms. The van der Waals surface area contributed by atoms with Crippen molar-refractivity contribution in [2.45, 2.75) is 25.4 Å². The molecule has 0 bridgehead atoms. The lowest BCUT2D eigenvalue weighted by Crippen LogP contribution is -2.38. The van der Waals surface area contributed by atoms with Gasteiger partial charge in [0.05, 0.1) is 6.04 Å². The van der Waals surface area contributed by atoms with Crippen LogP contribution in [-0.2, 0) is 6.54 Å². The minimum absolute atomic E-state index is 0.210. The van der Waals surface area contributed by atoms with Crippen molar-refractivity contribution in [3.05, 3.63) is 58.0 Å². The maximum Gasteiger partial charge on any atom is 0.169 e. The summed E-state index contributed by atoms with van der Waals surface area (Å²) in [5, 5.41) is 6.19. The Kier molecular flexibility index (Phi) is 4.51. The molecule has 3 rings (SSSR count). The first kappa shape index (κ1) is 14.5. The largest absolute Gasteiger partial charge is 0.358 e. The van der Waals surface area contributed by atoms with Crippen LogP contribution in [0.2, 0.25) is 0 Å². The zero-order chi connectivity index (χ0) is 14.7. The quantitative estimate of drug-likeness (QED) is 0.857. The van der Waals surface area contributed by atoms with E-state index in [0.29, 0.717) is 12.6 Å². The van der Waals surface area contributed by atoms with Gasteiger partial charge in [-0.2, -0.15) is 0 Å². The van der Waals surface area contributed by atoms with Crippen molar-refractivity contribution in [3.8, 4) is 0 Å². The van der Waals surface area contributed by atoms with Crippen LogP contribution in [0.15, 0.2) is 41.8 Å². The normalized spacial score (nSPS) is 18.0. The van der Waals surface area contributed by atoms with Crippen LogP contribution in [0.5, 0.6) is 0 Å². The number of thiocarbonyl (C=S) groups is 1. The van der Waals surface area contributed by atoms with E-state index in [1.54, 1.807) is 23.5 Å². The highest BCUT2D eigenvalue weighted by molar-refractivity contribution is 7.80. The molecule has 1 fully saturated rings. The molecule has 2 aromatic rings. The lowest BCUT2D eigenvalue weighted by Gasteiger charge is -2.27. The predicted molar refractivity (Wildman–Crippen MR) is 88.8 cm³/mol. The third kappa shape index (κ3) is 3.41. The number of nitrogens with one attached hydrogen (secondary N) is 1. The Balaban J connectivity index is 1.61. The highest BCUT2D eigenvalue weighted by Gasteiger charge is 2.28. The second-order valence-corrected chi connectivity index (χ2v) is 6.52. The minimum Gasteiger partial charge on any atom is -0.358 e. The van der Waals surface area contributed by atoms with Gasteiger partial charge in [0, 0.05) is 18.0 Å². The second kappa shape index (κ2) is 6.54. The van der Waals surface area contributed by atoms with Crippen molar-refractivity contribution in [1.29, 1.82) is 0 Å². The molecule has 5 heteroatoms. The number of benzene rings is 1. The number of halogens is 1. The monoisotopic (exact) mass is 320 g/mol. The molecule has 0 radical (unpaired) electrons. The summed E-state index contributed by atoms with van der Waals surface area (Å²) < 4.78 is 12.9. The van der Waals surface area contributed by atoms with Crippen molar-refractivity contribution in [3.63, 3.8) is 0 Å². The molecule has 1 saturated heterocycles. The van der Waals surface area contributed by atoms with Crippen molar-refractivity contribution < 1.29 is 4.39 Å². The number of nitrogens with zero attached hydrogens (tertiary/aromatic N) is 1. The molecule has 0 aliphatic carbocycles. The molecule has 2 nitrogen and oxygen atoms in total. The smallest absolute Gasteiger partial charge is 0.169 e. The maximum absolute atomic E-state index is 12.9. The van der Waals surface area contributed by atoms with Gasteiger partial charge in [-0.05, 0) is 54.2 Å². The minimum atomic E-state index is -0.210. The molecule has 1 aliphatic heterocycles. The molecule has 1 aromatic heterocycles. The van der Waals surface area contributed by atoms with Gasteiger partial charge in [0.25, 0.3) is 0 Å². The molecule has 1 N–H and O–H groups in total. The van der Waals surface area contributed by atoms with Crippen LogP contribution in [-0.4, -0.2) is 16.6 Å².